The summed E-state index contributed by atoms with van der Waals surface area (Å²) in [5, 5.41) is 9.13. The van der Waals surface area contributed by atoms with Crippen molar-refractivity contribution in [2.24, 2.45) is 5.73 Å². The van der Waals surface area contributed by atoms with Crippen molar-refractivity contribution in [3.05, 3.63) is 0 Å². The van der Waals surface area contributed by atoms with Gasteiger partial charge in [0, 0.05) is 23.6 Å². The van der Waals surface area contributed by atoms with Crippen LogP contribution in [0.15, 0.2) is 0 Å². The molecule has 0 amide bonds. The largest absolute Gasteiger partial charge is 0.549 e. The summed E-state index contributed by atoms with van der Waals surface area (Å²) in [6.45, 7) is -0.389. The second-order valence-electron chi connectivity index (χ2n) is 0.576. The van der Waals surface area contributed by atoms with Crippen molar-refractivity contribution in [3.8, 4) is 0 Å². The molecule has 0 spiro atoms. The molecular formula is C2H4CuNO2-. The third-order valence-electron chi connectivity index (χ3n) is 0.167. The molecule has 41 valence electrons. The van der Waals surface area contributed by atoms with Crippen LogP contribution < -0.4 is 10.8 Å². The monoisotopic (exact) mass is 137 g/mol. The zero-order valence-corrected chi connectivity index (χ0v) is 3.84. The van der Waals surface area contributed by atoms with Crippen LogP contribution in [0.2, 0.25) is 0 Å². The first-order valence-corrected chi connectivity index (χ1v) is 1.17. The van der Waals surface area contributed by atoms with Gasteiger partial charge in [0.15, 0.2) is 0 Å². The molecule has 0 rings (SSSR count). The van der Waals surface area contributed by atoms with Crippen LogP contribution in [-0.2, 0) is 21.9 Å². The molecule has 1 radical (unpaired) electrons. The van der Waals surface area contributed by atoms with Gasteiger partial charge in [-0.25, -0.2) is 0 Å². The minimum atomic E-state index is -1.22. The van der Waals surface area contributed by atoms with Gasteiger partial charge in [0.2, 0.25) is 0 Å². The van der Waals surface area contributed by atoms with Gasteiger partial charge >= 0.3 is 0 Å². The molecular weight excluding hydrogens is 134 g/mol. The summed E-state index contributed by atoms with van der Waals surface area (Å²) in [5.41, 5.74) is 4.51. The molecule has 0 atom stereocenters. The Bertz CT molecular complexity index is 46.8. The number of rotatable bonds is 1. The third-order valence-corrected chi connectivity index (χ3v) is 0.167. The standard InChI is InChI=1S/C2H5NO2.Cu/c3-1-2(4)5;/h1,3H2,(H,4,5);/p-1. The minimum absolute atomic E-state index is 0. The number of carboxylic acid groups (broad SMARTS) is 1. The zero-order valence-electron chi connectivity index (χ0n) is 2.90. The number of hydrogen-bond acceptors (Lipinski definition) is 3. The molecule has 0 saturated heterocycles. The number of nitrogens with two attached hydrogens (primary N) is 1. The summed E-state index contributed by atoms with van der Waals surface area (Å²) in [5.74, 6) is -1.22. The molecule has 0 aliphatic heterocycles. The molecule has 0 fully saturated rings. The average Bonchev–Trinajstić information content (AvgIpc) is 1.38. The summed E-state index contributed by atoms with van der Waals surface area (Å²) in [7, 11) is 0. The van der Waals surface area contributed by atoms with Crippen LogP contribution in [0.25, 0.3) is 0 Å². The van der Waals surface area contributed by atoms with Crippen molar-refractivity contribution >= 4 is 5.97 Å². The normalized spacial score (nSPS) is 6.17. The zero-order chi connectivity index (χ0) is 4.28. The average molecular weight is 138 g/mol. The van der Waals surface area contributed by atoms with Gasteiger partial charge < -0.3 is 15.6 Å². The van der Waals surface area contributed by atoms with Gasteiger partial charge in [-0.2, -0.15) is 0 Å². The number of hydrogen-bond donors (Lipinski definition) is 1. The van der Waals surface area contributed by atoms with Crippen molar-refractivity contribution < 1.29 is 27.0 Å². The van der Waals surface area contributed by atoms with E-state index in [2.05, 4.69) is 5.73 Å². The van der Waals surface area contributed by atoms with E-state index in [0.717, 1.165) is 0 Å². The molecule has 0 aliphatic rings. The maximum atomic E-state index is 9.13. The Morgan fingerprint density at radius 2 is 2.00 bits per heavy atom. The van der Waals surface area contributed by atoms with Gasteiger partial charge in [-0.15, -0.1) is 0 Å². The van der Waals surface area contributed by atoms with Gasteiger partial charge in [-0.1, -0.05) is 0 Å². The summed E-state index contributed by atoms with van der Waals surface area (Å²) in [4.78, 5) is 9.13. The van der Waals surface area contributed by atoms with E-state index in [1.807, 2.05) is 0 Å². The van der Waals surface area contributed by atoms with Crippen molar-refractivity contribution in [1.29, 1.82) is 0 Å². The van der Waals surface area contributed by atoms with Crippen molar-refractivity contribution in [2.45, 2.75) is 0 Å². The second kappa shape index (κ2) is 4.95. The first-order valence-electron chi connectivity index (χ1n) is 1.17. The van der Waals surface area contributed by atoms with Crippen molar-refractivity contribution in [2.75, 3.05) is 6.54 Å². The minimum Gasteiger partial charge on any atom is -0.549 e. The summed E-state index contributed by atoms with van der Waals surface area (Å²) in [6.07, 6.45) is 0. The fraction of sp³-hybridized carbons (Fsp3) is 0.500. The molecule has 0 aromatic carbocycles. The van der Waals surface area contributed by atoms with E-state index in [9.17, 15) is 0 Å². The van der Waals surface area contributed by atoms with Gasteiger partial charge in [0.05, 0.1) is 5.97 Å². The molecule has 2 N–H and O–H groups in total. The molecule has 0 heterocycles. The first kappa shape index (κ1) is 9.34. The number of carbonyl (C=O) groups excluding carboxylic acids is 1. The van der Waals surface area contributed by atoms with Crippen LogP contribution in [0.1, 0.15) is 0 Å². The van der Waals surface area contributed by atoms with Crippen LogP contribution in [0.5, 0.6) is 0 Å². The molecule has 0 unspecified atom stereocenters. The Morgan fingerprint density at radius 1 is 1.83 bits per heavy atom. The first-order chi connectivity index (χ1) is 2.27. The maximum Gasteiger partial charge on any atom is 0.0550 e. The number of aliphatic carboxylic acids is 1. The fourth-order valence-corrected chi connectivity index (χ4v) is 0. The molecule has 0 aromatic rings. The van der Waals surface area contributed by atoms with E-state index >= 15 is 0 Å². The van der Waals surface area contributed by atoms with E-state index in [-0.39, 0.29) is 23.6 Å². The van der Waals surface area contributed by atoms with Gasteiger partial charge in [-0.3, -0.25) is 0 Å². The maximum absolute atomic E-state index is 9.13. The Hall–Kier alpha value is -0.0505. The molecule has 6 heavy (non-hydrogen) atoms. The summed E-state index contributed by atoms with van der Waals surface area (Å²) < 4.78 is 0. The van der Waals surface area contributed by atoms with Crippen LogP contribution in [0.3, 0.4) is 0 Å². The van der Waals surface area contributed by atoms with Gasteiger partial charge in [0.25, 0.3) is 0 Å². The van der Waals surface area contributed by atoms with E-state index in [1.54, 1.807) is 0 Å². The molecule has 4 heteroatoms. The summed E-state index contributed by atoms with van der Waals surface area (Å²) >= 11 is 0. The van der Waals surface area contributed by atoms with Crippen LogP contribution in [0, 0.1) is 0 Å². The second-order valence-corrected chi connectivity index (χ2v) is 0.576. The van der Waals surface area contributed by atoms with Gasteiger partial charge in [0.1, 0.15) is 0 Å². The van der Waals surface area contributed by atoms with Crippen molar-refractivity contribution in [1.82, 2.24) is 0 Å². The predicted molar refractivity (Wildman–Crippen MR) is 14.1 cm³/mol. The Balaban J connectivity index is 0. The smallest absolute Gasteiger partial charge is 0.0550 e. The van der Waals surface area contributed by atoms with Crippen LogP contribution in [-0.4, -0.2) is 12.5 Å². The third kappa shape index (κ3) is 9.04. The predicted octanol–water partition coefficient (Wildman–Crippen LogP) is -2.31. The Morgan fingerprint density at radius 3 is 2.00 bits per heavy atom. The van der Waals surface area contributed by atoms with E-state index in [0.29, 0.717) is 0 Å². The van der Waals surface area contributed by atoms with Gasteiger partial charge in [-0.05, 0) is 0 Å². The molecule has 0 aliphatic carbocycles. The topological polar surface area (TPSA) is 66.2 Å². The van der Waals surface area contributed by atoms with E-state index in [1.165, 1.54) is 0 Å². The van der Waals surface area contributed by atoms with E-state index < -0.39 is 5.97 Å². The molecule has 0 aromatic heterocycles. The number of carboxylic acids is 1. The van der Waals surface area contributed by atoms with E-state index in [4.69, 9.17) is 9.90 Å². The molecule has 0 bridgehead atoms. The quantitative estimate of drug-likeness (QED) is 0.413. The van der Waals surface area contributed by atoms with Crippen molar-refractivity contribution in [3.63, 3.8) is 0 Å². The molecule has 0 saturated carbocycles. The summed E-state index contributed by atoms with van der Waals surface area (Å²) in [6, 6.07) is 0. The molecule has 3 nitrogen and oxygen atoms in total. The number of carbonyl (C=O) groups is 1. The van der Waals surface area contributed by atoms with Crippen LogP contribution >= 0.6 is 0 Å². The fourth-order valence-electron chi connectivity index (χ4n) is 0. The van der Waals surface area contributed by atoms with Crippen LogP contribution in [0.4, 0.5) is 0 Å². The Kier molecular flexibility index (Phi) is 7.71. The Labute approximate surface area is 46.0 Å². The SMILES string of the molecule is NCC(=O)[O-].[Cu].